The zero-order chi connectivity index (χ0) is 13.1. The Morgan fingerprint density at radius 1 is 1.00 bits per heavy atom. The summed E-state index contributed by atoms with van der Waals surface area (Å²) in [6, 6.07) is 18.8. The van der Waals surface area contributed by atoms with Crippen LogP contribution in [0.3, 0.4) is 0 Å². The van der Waals surface area contributed by atoms with Crippen molar-refractivity contribution < 1.29 is 4.74 Å². The van der Waals surface area contributed by atoms with Crippen LogP contribution in [-0.2, 0) is 12.0 Å². The molecule has 1 heteroatoms. The first-order chi connectivity index (χ1) is 9.34. The highest BCUT2D eigenvalue weighted by Gasteiger charge is 2.40. The maximum absolute atomic E-state index is 5.97. The smallest absolute Gasteiger partial charge is 0.155 e. The highest BCUT2D eigenvalue weighted by molar-refractivity contribution is 5.49. The van der Waals surface area contributed by atoms with E-state index in [1.165, 1.54) is 11.1 Å². The fourth-order valence-corrected chi connectivity index (χ4v) is 2.61. The molecule has 0 aromatic heterocycles. The van der Waals surface area contributed by atoms with Crippen molar-refractivity contribution in [3.8, 4) is 5.75 Å². The third-order valence-electron chi connectivity index (χ3n) is 3.74. The number of para-hydroxylation sites is 1. The maximum atomic E-state index is 5.97. The molecule has 19 heavy (non-hydrogen) atoms. The second-order valence-electron chi connectivity index (χ2n) is 4.93. The van der Waals surface area contributed by atoms with Gasteiger partial charge in [-0.1, -0.05) is 61.5 Å². The van der Waals surface area contributed by atoms with Gasteiger partial charge in [0.15, 0.2) is 5.60 Å². The SMILES string of the molecule is CCC1(/C=C\Cc2ccccc2)Oc2ccccc21. The van der Waals surface area contributed by atoms with E-state index in [0.29, 0.717) is 0 Å². The van der Waals surface area contributed by atoms with E-state index in [2.05, 4.69) is 55.5 Å². The van der Waals surface area contributed by atoms with Gasteiger partial charge in [0.1, 0.15) is 5.75 Å². The molecule has 0 saturated carbocycles. The molecule has 1 unspecified atom stereocenters. The Bertz CT molecular complexity index is 586. The predicted octanol–water partition coefficient (Wildman–Crippen LogP) is 4.48. The fraction of sp³-hybridized carbons (Fsp3) is 0.222. The molecule has 2 aromatic carbocycles. The Kier molecular flexibility index (Phi) is 3.12. The lowest BCUT2D eigenvalue weighted by molar-refractivity contribution is 0.0583. The highest BCUT2D eigenvalue weighted by Crippen LogP contribution is 2.47. The summed E-state index contributed by atoms with van der Waals surface area (Å²) >= 11 is 0. The number of rotatable bonds is 4. The number of allylic oxidation sites excluding steroid dienone is 1. The molecular formula is C18H18O. The summed E-state index contributed by atoms with van der Waals surface area (Å²) in [7, 11) is 0. The monoisotopic (exact) mass is 250 g/mol. The molecule has 96 valence electrons. The lowest BCUT2D eigenvalue weighted by atomic mass is 9.84. The molecule has 1 aliphatic rings. The van der Waals surface area contributed by atoms with Crippen molar-refractivity contribution in [3.05, 3.63) is 77.9 Å². The molecule has 0 saturated heterocycles. The van der Waals surface area contributed by atoms with Gasteiger partial charge in [-0.2, -0.15) is 0 Å². The zero-order valence-corrected chi connectivity index (χ0v) is 11.2. The maximum Gasteiger partial charge on any atom is 0.155 e. The van der Waals surface area contributed by atoms with Crippen LogP contribution >= 0.6 is 0 Å². The Morgan fingerprint density at radius 3 is 2.47 bits per heavy atom. The molecule has 0 bridgehead atoms. The van der Waals surface area contributed by atoms with Crippen LogP contribution in [-0.4, -0.2) is 0 Å². The quantitative estimate of drug-likeness (QED) is 0.727. The van der Waals surface area contributed by atoms with Gasteiger partial charge in [0.2, 0.25) is 0 Å². The minimum atomic E-state index is -0.203. The molecule has 0 radical (unpaired) electrons. The Hall–Kier alpha value is -2.02. The molecule has 0 N–H and O–H groups in total. The van der Waals surface area contributed by atoms with E-state index in [1.807, 2.05) is 18.2 Å². The molecule has 0 aliphatic carbocycles. The normalized spacial score (nSPS) is 20.7. The Balaban J connectivity index is 1.76. The van der Waals surface area contributed by atoms with Crippen LogP contribution in [0.1, 0.15) is 24.5 Å². The van der Waals surface area contributed by atoms with Gasteiger partial charge in [-0.3, -0.25) is 0 Å². The van der Waals surface area contributed by atoms with Gasteiger partial charge in [-0.05, 0) is 30.5 Å². The van der Waals surface area contributed by atoms with E-state index < -0.39 is 0 Å². The lowest BCUT2D eigenvalue weighted by Gasteiger charge is -2.41. The molecule has 1 heterocycles. The van der Waals surface area contributed by atoms with Crippen molar-refractivity contribution in [1.82, 2.24) is 0 Å². The minimum Gasteiger partial charge on any atom is -0.478 e. The number of hydrogen-bond acceptors (Lipinski definition) is 1. The highest BCUT2D eigenvalue weighted by atomic mass is 16.5. The van der Waals surface area contributed by atoms with Gasteiger partial charge in [-0.15, -0.1) is 0 Å². The summed E-state index contributed by atoms with van der Waals surface area (Å²) in [5.41, 5.74) is 2.44. The van der Waals surface area contributed by atoms with Crippen LogP contribution in [0.5, 0.6) is 5.75 Å². The van der Waals surface area contributed by atoms with Crippen molar-refractivity contribution in [1.29, 1.82) is 0 Å². The van der Waals surface area contributed by atoms with E-state index in [1.54, 1.807) is 0 Å². The predicted molar refractivity (Wildman–Crippen MR) is 78.3 cm³/mol. The van der Waals surface area contributed by atoms with Gasteiger partial charge in [0, 0.05) is 5.56 Å². The van der Waals surface area contributed by atoms with Crippen molar-refractivity contribution in [2.45, 2.75) is 25.4 Å². The molecule has 1 atom stereocenters. The lowest BCUT2D eigenvalue weighted by Crippen LogP contribution is -2.38. The molecular weight excluding hydrogens is 232 g/mol. The van der Waals surface area contributed by atoms with E-state index >= 15 is 0 Å². The summed E-state index contributed by atoms with van der Waals surface area (Å²) in [6.07, 6.45) is 6.35. The Morgan fingerprint density at radius 2 is 1.74 bits per heavy atom. The Labute approximate surface area is 114 Å². The third-order valence-corrected chi connectivity index (χ3v) is 3.74. The van der Waals surface area contributed by atoms with Crippen LogP contribution in [0.25, 0.3) is 0 Å². The summed E-state index contributed by atoms with van der Waals surface area (Å²) < 4.78 is 5.97. The van der Waals surface area contributed by atoms with Crippen molar-refractivity contribution in [2.75, 3.05) is 0 Å². The van der Waals surface area contributed by atoms with Crippen molar-refractivity contribution in [2.24, 2.45) is 0 Å². The van der Waals surface area contributed by atoms with Gasteiger partial charge >= 0.3 is 0 Å². The minimum absolute atomic E-state index is 0.203. The second-order valence-corrected chi connectivity index (χ2v) is 4.93. The van der Waals surface area contributed by atoms with Crippen LogP contribution in [0, 0.1) is 0 Å². The molecule has 2 aromatic rings. The van der Waals surface area contributed by atoms with Crippen LogP contribution in [0.4, 0.5) is 0 Å². The first-order valence-electron chi connectivity index (χ1n) is 6.84. The van der Waals surface area contributed by atoms with E-state index in [-0.39, 0.29) is 5.60 Å². The van der Waals surface area contributed by atoms with Gasteiger partial charge < -0.3 is 4.74 Å². The number of hydrogen-bond donors (Lipinski definition) is 0. The summed E-state index contributed by atoms with van der Waals surface area (Å²) in [5.74, 6) is 1.02. The van der Waals surface area contributed by atoms with Crippen LogP contribution < -0.4 is 4.74 Å². The molecule has 0 spiro atoms. The third kappa shape index (κ3) is 2.17. The molecule has 0 fully saturated rings. The first-order valence-corrected chi connectivity index (χ1v) is 6.84. The second kappa shape index (κ2) is 4.93. The number of fused-ring (bicyclic) bond motifs is 1. The number of benzene rings is 2. The standard InChI is InChI=1S/C18H18O/c1-2-18(16-12-6-7-13-17(16)19-18)14-8-11-15-9-4-3-5-10-15/h3-10,12-14H,2,11H2,1H3/b14-8-. The molecule has 0 amide bonds. The van der Waals surface area contributed by atoms with E-state index in [0.717, 1.165) is 18.6 Å². The average molecular weight is 250 g/mol. The first kappa shape index (κ1) is 12.0. The van der Waals surface area contributed by atoms with Crippen LogP contribution in [0.15, 0.2) is 66.7 Å². The van der Waals surface area contributed by atoms with Crippen LogP contribution in [0.2, 0.25) is 0 Å². The van der Waals surface area contributed by atoms with Gasteiger partial charge in [0.25, 0.3) is 0 Å². The van der Waals surface area contributed by atoms with Gasteiger partial charge in [0.05, 0.1) is 0 Å². The molecule has 1 nitrogen and oxygen atoms in total. The largest absolute Gasteiger partial charge is 0.478 e. The van der Waals surface area contributed by atoms with Crippen molar-refractivity contribution in [3.63, 3.8) is 0 Å². The summed E-state index contributed by atoms with van der Waals surface area (Å²) in [4.78, 5) is 0. The van der Waals surface area contributed by atoms with Gasteiger partial charge in [-0.25, -0.2) is 0 Å². The van der Waals surface area contributed by atoms with E-state index in [9.17, 15) is 0 Å². The fourth-order valence-electron chi connectivity index (χ4n) is 2.61. The average Bonchev–Trinajstić information content (AvgIpc) is 2.45. The topological polar surface area (TPSA) is 9.23 Å². The van der Waals surface area contributed by atoms with Crippen molar-refractivity contribution >= 4 is 0 Å². The summed E-state index contributed by atoms with van der Waals surface area (Å²) in [6.45, 7) is 2.17. The zero-order valence-electron chi connectivity index (χ0n) is 11.2. The number of ether oxygens (including phenoxy) is 1. The summed E-state index contributed by atoms with van der Waals surface area (Å²) in [5, 5.41) is 0. The molecule has 1 aliphatic heterocycles. The van der Waals surface area contributed by atoms with E-state index in [4.69, 9.17) is 4.74 Å². The molecule has 3 rings (SSSR count).